The lowest BCUT2D eigenvalue weighted by Crippen LogP contribution is -2.36. The van der Waals surface area contributed by atoms with E-state index in [9.17, 15) is 8.42 Å². The predicted octanol–water partition coefficient (Wildman–Crippen LogP) is 1.54. The van der Waals surface area contributed by atoms with Crippen molar-refractivity contribution in [3.8, 4) is 0 Å². The van der Waals surface area contributed by atoms with Gasteiger partial charge in [0.1, 0.15) is 4.90 Å². The summed E-state index contributed by atoms with van der Waals surface area (Å²) < 4.78 is 34.5. The molecule has 0 saturated carbocycles. The van der Waals surface area contributed by atoms with Crippen molar-refractivity contribution in [1.82, 2.24) is 14.1 Å². The predicted molar refractivity (Wildman–Crippen MR) is 81.2 cm³/mol. The fourth-order valence-corrected chi connectivity index (χ4v) is 4.74. The zero-order valence-electron chi connectivity index (χ0n) is 12.7. The van der Waals surface area contributed by atoms with E-state index in [4.69, 9.17) is 16.3 Å². The quantitative estimate of drug-likeness (QED) is 0.783. The van der Waals surface area contributed by atoms with Crippen LogP contribution in [0.15, 0.2) is 4.90 Å². The lowest BCUT2D eigenvalue weighted by Gasteiger charge is -2.21. The van der Waals surface area contributed by atoms with Gasteiger partial charge in [-0.2, -0.15) is 9.40 Å². The van der Waals surface area contributed by atoms with E-state index >= 15 is 0 Å². The normalized spacial score (nSPS) is 21.4. The molecular formula is C13H22ClN3O3S. The molecule has 0 amide bonds. The highest BCUT2D eigenvalue weighted by Crippen LogP contribution is 2.25. The van der Waals surface area contributed by atoms with Crippen LogP contribution < -0.4 is 0 Å². The summed E-state index contributed by atoms with van der Waals surface area (Å²) in [4.78, 5) is 0.307. The maximum Gasteiger partial charge on any atom is 0.246 e. The second-order valence-corrected chi connectivity index (χ2v) is 7.56. The van der Waals surface area contributed by atoms with E-state index in [1.165, 1.54) is 4.31 Å². The van der Waals surface area contributed by atoms with Gasteiger partial charge in [0.15, 0.2) is 0 Å². The Morgan fingerprint density at radius 2 is 2.14 bits per heavy atom. The van der Waals surface area contributed by atoms with Crippen LogP contribution in [0.1, 0.15) is 24.7 Å². The van der Waals surface area contributed by atoms with Crippen LogP contribution in [-0.2, 0) is 21.3 Å². The molecule has 1 aliphatic heterocycles. The van der Waals surface area contributed by atoms with Gasteiger partial charge in [0.25, 0.3) is 0 Å². The largest absolute Gasteiger partial charge is 0.377 e. The van der Waals surface area contributed by atoms with Crippen LogP contribution in [0.2, 0.25) is 0 Å². The number of alkyl halides is 1. The van der Waals surface area contributed by atoms with Crippen LogP contribution in [0.4, 0.5) is 0 Å². The molecule has 1 unspecified atom stereocenters. The molecule has 1 aromatic heterocycles. The van der Waals surface area contributed by atoms with Gasteiger partial charge in [0.05, 0.1) is 24.0 Å². The smallest absolute Gasteiger partial charge is 0.246 e. The first kappa shape index (κ1) is 16.7. The topological polar surface area (TPSA) is 64.4 Å². The molecule has 8 heteroatoms. The minimum absolute atomic E-state index is 0.0965. The van der Waals surface area contributed by atoms with Crippen molar-refractivity contribution in [3.63, 3.8) is 0 Å². The number of hydrogen-bond donors (Lipinski definition) is 0. The lowest BCUT2D eigenvalue weighted by atomic mass is 10.4. The number of nitrogens with zero attached hydrogens (tertiary/aromatic N) is 3. The number of aromatic nitrogens is 2. The molecule has 0 spiro atoms. The SMILES string of the molecule is Cc1nn(CCCl)c(C)c1S(=O)(=O)N1CCCOC(C)C1. The van der Waals surface area contributed by atoms with Crippen molar-refractivity contribution in [3.05, 3.63) is 11.4 Å². The van der Waals surface area contributed by atoms with E-state index in [2.05, 4.69) is 5.10 Å². The summed E-state index contributed by atoms with van der Waals surface area (Å²) in [6.07, 6.45) is 0.609. The number of hydrogen-bond acceptors (Lipinski definition) is 4. The standard InChI is InChI=1S/C13H22ClN3O3S/c1-10-9-16(6-4-8-20-10)21(18,19)13-11(2)15-17(7-5-14)12(13)3/h10H,4-9H2,1-3H3. The Hall–Kier alpha value is -0.630. The molecule has 0 N–H and O–H groups in total. The fourth-order valence-electron chi connectivity index (χ4n) is 2.66. The highest BCUT2D eigenvalue weighted by molar-refractivity contribution is 7.89. The van der Waals surface area contributed by atoms with Crippen molar-refractivity contribution < 1.29 is 13.2 Å². The summed E-state index contributed by atoms with van der Waals surface area (Å²) in [6, 6.07) is 0. The molecule has 1 aromatic rings. The summed E-state index contributed by atoms with van der Waals surface area (Å²) in [5, 5.41) is 4.30. The number of sulfonamides is 1. The van der Waals surface area contributed by atoms with Gasteiger partial charge in [-0.15, -0.1) is 11.6 Å². The maximum absolute atomic E-state index is 12.9. The summed E-state index contributed by atoms with van der Waals surface area (Å²) in [5.41, 5.74) is 1.17. The monoisotopic (exact) mass is 335 g/mol. The third-order valence-corrected chi connectivity index (χ3v) is 5.91. The number of ether oxygens (including phenoxy) is 1. The molecular weight excluding hydrogens is 314 g/mol. The zero-order chi connectivity index (χ0) is 15.6. The second-order valence-electron chi connectivity index (χ2n) is 5.31. The first-order valence-corrected chi connectivity index (χ1v) is 9.07. The zero-order valence-corrected chi connectivity index (χ0v) is 14.2. The number of rotatable bonds is 4. The van der Waals surface area contributed by atoms with Gasteiger partial charge in [-0.05, 0) is 27.2 Å². The van der Waals surface area contributed by atoms with Gasteiger partial charge >= 0.3 is 0 Å². The van der Waals surface area contributed by atoms with Gasteiger partial charge in [-0.25, -0.2) is 8.42 Å². The Labute approximate surface area is 131 Å². The van der Waals surface area contributed by atoms with Crippen molar-refractivity contribution in [1.29, 1.82) is 0 Å². The molecule has 0 aromatic carbocycles. The molecule has 2 heterocycles. The Morgan fingerprint density at radius 3 is 2.81 bits per heavy atom. The molecule has 120 valence electrons. The van der Waals surface area contributed by atoms with Gasteiger partial charge in [0, 0.05) is 25.6 Å². The molecule has 1 atom stereocenters. The minimum atomic E-state index is -3.55. The summed E-state index contributed by atoms with van der Waals surface area (Å²) in [5.74, 6) is 0.399. The molecule has 2 rings (SSSR count). The minimum Gasteiger partial charge on any atom is -0.377 e. The van der Waals surface area contributed by atoms with Gasteiger partial charge in [-0.1, -0.05) is 0 Å². The molecule has 6 nitrogen and oxygen atoms in total. The van der Waals surface area contributed by atoms with Gasteiger partial charge in [0.2, 0.25) is 10.0 Å². The van der Waals surface area contributed by atoms with E-state index in [1.807, 2.05) is 6.92 Å². The Kier molecular flexibility index (Phi) is 5.29. The molecule has 0 aliphatic carbocycles. The highest BCUT2D eigenvalue weighted by atomic mass is 35.5. The average Bonchev–Trinajstić information content (AvgIpc) is 2.59. The fraction of sp³-hybridized carbons (Fsp3) is 0.769. The molecule has 0 bridgehead atoms. The van der Waals surface area contributed by atoms with Crippen LogP contribution in [0.5, 0.6) is 0 Å². The molecule has 1 saturated heterocycles. The van der Waals surface area contributed by atoms with Crippen LogP contribution in [0.25, 0.3) is 0 Å². The van der Waals surface area contributed by atoms with Crippen molar-refractivity contribution in [2.75, 3.05) is 25.6 Å². The van der Waals surface area contributed by atoms with E-state index in [1.54, 1.807) is 18.5 Å². The summed E-state index contributed by atoms with van der Waals surface area (Å²) in [6.45, 7) is 7.35. The van der Waals surface area contributed by atoms with Crippen molar-refractivity contribution in [2.24, 2.45) is 0 Å². The lowest BCUT2D eigenvalue weighted by molar-refractivity contribution is 0.0752. The van der Waals surface area contributed by atoms with Crippen molar-refractivity contribution >= 4 is 21.6 Å². The maximum atomic E-state index is 12.9. The van der Waals surface area contributed by atoms with Crippen LogP contribution >= 0.6 is 11.6 Å². The van der Waals surface area contributed by atoms with Gasteiger partial charge < -0.3 is 4.74 Å². The van der Waals surface area contributed by atoms with Crippen LogP contribution in [0, 0.1) is 13.8 Å². The van der Waals surface area contributed by atoms with E-state index in [0.717, 1.165) is 0 Å². The Balaban J connectivity index is 2.39. The van der Waals surface area contributed by atoms with E-state index in [-0.39, 0.29) is 6.10 Å². The third-order valence-electron chi connectivity index (χ3n) is 3.62. The molecule has 1 aliphatic rings. The molecule has 21 heavy (non-hydrogen) atoms. The molecule has 1 fully saturated rings. The van der Waals surface area contributed by atoms with Gasteiger partial charge in [-0.3, -0.25) is 4.68 Å². The number of halogens is 1. The number of aryl methyl sites for hydroxylation is 2. The van der Waals surface area contributed by atoms with E-state index in [0.29, 0.717) is 54.8 Å². The highest BCUT2D eigenvalue weighted by Gasteiger charge is 2.32. The summed E-state index contributed by atoms with van der Waals surface area (Å²) >= 11 is 5.74. The third kappa shape index (κ3) is 3.41. The van der Waals surface area contributed by atoms with E-state index < -0.39 is 10.0 Å². The average molecular weight is 336 g/mol. The first-order valence-electron chi connectivity index (χ1n) is 7.09. The Morgan fingerprint density at radius 1 is 1.43 bits per heavy atom. The van der Waals surface area contributed by atoms with Crippen LogP contribution in [0.3, 0.4) is 0 Å². The Bertz CT molecular complexity index is 600. The van der Waals surface area contributed by atoms with Crippen molar-refractivity contribution in [2.45, 2.75) is 44.7 Å². The second kappa shape index (κ2) is 6.64. The molecule has 0 radical (unpaired) electrons. The van der Waals surface area contributed by atoms with Crippen LogP contribution in [-0.4, -0.2) is 54.2 Å². The first-order chi connectivity index (χ1) is 9.87. The summed E-state index contributed by atoms with van der Waals surface area (Å²) in [7, 11) is -3.55.